The Kier molecular flexibility index (Phi) is 49.1. The molecule has 4 aliphatic rings. The molecule has 21 amide bonds. The third-order valence-corrected chi connectivity index (χ3v) is 22.9. The molecule has 0 bridgehead atoms. The van der Waals surface area contributed by atoms with Crippen molar-refractivity contribution in [2.75, 3.05) is 91.7 Å². The van der Waals surface area contributed by atoms with Crippen LogP contribution < -0.4 is 118 Å². The van der Waals surface area contributed by atoms with Gasteiger partial charge in [-0.1, -0.05) is 34.1 Å². The topological polar surface area (TPSA) is 878 Å². The maximum absolute atomic E-state index is 14.0. The van der Waals surface area contributed by atoms with Gasteiger partial charge >= 0.3 is 17.9 Å². The van der Waals surface area contributed by atoms with Crippen molar-refractivity contribution in [2.24, 2.45) is 29.0 Å². The van der Waals surface area contributed by atoms with Crippen LogP contribution in [-0.4, -0.2) is 387 Å². The molecule has 4 rings (SSSR count). The first kappa shape index (κ1) is 117. The van der Waals surface area contributed by atoms with Crippen LogP contribution in [0, 0.1) is 22.7 Å². The van der Waals surface area contributed by atoms with Gasteiger partial charge in [-0.3, -0.25) is 121 Å². The van der Waals surface area contributed by atoms with E-state index in [4.69, 9.17) is 33.1 Å². The van der Waals surface area contributed by atoms with Crippen LogP contribution in [0.15, 0.2) is 0 Å². The Bertz CT molecular complexity index is 4470. The molecule has 17 atom stereocenters. The van der Waals surface area contributed by atoms with Gasteiger partial charge in [-0.05, 0) is 123 Å². The zero-order chi connectivity index (χ0) is 104. The molecule has 0 aromatic carbocycles. The molecule has 776 valence electrons. The Hall–Kier alpha value is -14.3. The molecular formula is C82H134N28O29. The van der Waals surface area contributed by atoms with Crippen molar-refractivity contribution in [3.63, 3.8) is 0 Å². The second kappa shape index (κ2) is 58.3. The summed E-state index contributed by atoms with van der Waals surface area (Å²) in [6.07, 6.45) is -2.09. The predicted molar refractivity (Wildman–Crippen MR) is 482 cm³/mol. The fourth-order valence-electron chi connectivity index (χ4n) is 15.0. The van der Waals surface area contributed by atoms with Gasteiger partial charge in [0.15, 0.2) is 11.9 Å². The van der Waals surface area contributed by atoms with Crippen LogP contribution in [0.4, 0.5) is 0 Å². The third kappa shape index (κ3) is 39.4. The van der Waals surface area contributed by atoms with Crippen molar-refractivity contribution in [1.82, 2.24) is 121 Å². The lowest BCUT2D eigenvalue weighted by Gasteiger charge is -2.29. The first-order valence-electron chi connectivity index (χ1n) is 45.4. The molecule has 0 aromatic heterocycles. The second-order valence-electron chi connectivity index (χ2n) is 34.1. The van der Waals surface area contributed by atoms with E-state index in [0.717, 1.165) is 11.8 Å². The van der Waals surface area contributed by atoms with Crippen LogP contribution in [0.5, 0.6) is 0 Å². The van der Waals surface area contributed by atoms with Crippen LogP contribution in [0.3, 0.4) is 0 Å². The third-order valence-electron chi connectivity index (χ3n) is 22.9. The van der Waals surface area contributed by atoms with Gasteiger partial charge in [0.05, 0.1) is 64.9 Å². The number of hydrogen-bond acceptors (Lipinski definition) is 29. The van der Waals surface area contributed by atoms with Crippen LogP contribution in [0.25, 0.3) is 0 Å². The van der Waals surface area contributed by atoms with Gasteiger partial charge in [0.25, 0.3) is 0 Å². The molecule has 0 unspecified atom stereocenters. The molecule has 4 saturated heterocycles. The van der Waals surface area contributed by atoms with Crippen molar-refractivity contribution >= 4 is 154 Å². The Labute approximate surface area is 798 Å². The summed E-state index contributed by atoms with van der Waals surface area (Å²) in [5.41, 5.74) is 16.0. The largest absolute Gasteiger partial charge is 0.481 e. The standard InChI is InChI=1S/C82H134N28O29/c1-9-40(4)64(78(136)95-36-59(118)109-28-14-20-52(109)75(133)104-63(39(2)3)77(135)92-31-54(113)97-43(7)68(126)103-48(80(138)139)17-11-25-89-82(86)87)105-76(134)53-21-15-29-110(53)58(117)35-94-67(125)42(6)98-73(131)50-18-12-26-107(50)57(116)34-93-66(124)41(5)99-74(132)51-19-13-27-108(51)60(119)37-96-79(137)65(44(8)112)106-71(129)47(22-23-61(120)121)100-55(114)33-91-70(128)46(16-10-24-88-81(84)85)102-72(130)49(30-62(122)123)101-56(115)32-90-69(127)45(83)38-111/h39-53,63-65,111-112H,9-38,83H2,1-8H3,(H,90,127)(H,91,128)(H,92,135)(H,93,124)(H,94,125)(H,95,136)(H,96,137)(H,97,113)(H,98,131)(H,99,132)(H,100,114)(H,101,115)(H,102,130)(H,103,126)(H,104,133)(H,105,134)(H,106,129)(H,120,121)(H,122,123)(H,138,139)(H4,84,85,88)(H4,86,87,89)/t40-,41-,42-,43-,44+,45-,46-,47-,48-,49-,50-,51-,52-,53-,63-,64-,65-/m0/s1. The summed E-state index contributed by atoms with van der Waals surface area (Å²) < 4.78 is 0. The Morgan fingerprint density at radius 3 is 1.09 bits per heavy atom. The van der Waals surface area contributed by atoms with Crippen molar-refractivity contribution < 1.29 is 141 Å². The number of aliphatic hydroxyl groups is 2. The molecule has 4 aliphatic heterocycles. The lowest BCUT2D eigenvalue weighted by molar-refractivity contribution is -0.142. The average Bonchev–Trinajstić information content (AvgIpc) is 1.71. The van der Waals surface area contributed by atoms with Crippen LogP contribution >= 0.6 is 0 Å². The minimum absolute atomic E-state index is 0.0169. The molecule has 0 aromatic rings. The second-order valence-corrected chi connectivity index (χ2v) is 34.1. The SMILES string of the molecule is CC[C@H](C)[C@H](NC(=O)[C@@H]1CCCN1C(=O)CNC(=O)[C@H](C)NC(=O)[C@@H]1CCCN1C(=O)CNC(=O)[C@H](C)NC(=O)[C@@H]1CCCN1C(=O)CNC(=O)[C@@H](NC(=O)[C@H](CCC(=O)O)NC(=O)CNC(=O)[C@H](CCCNC(=N)N)NC(=O)[C@H](CC(=O)O)NC(=O)CNC(=O)[C@@H](N)CO)[C@@H](C)O)C(=O)NCC(=O)N1CCC[C@H]1C(=O)N[C@H](C(=O)NCC(=O)N[C@@H](C)C(=O)N[C@@H](CCCNC(=N)N)C(=O)O)C(C)C. The molecule has 4 fully saturated rings. The van der Waals surface area contributed by atoms with E-state index in [1.165, 1.54) is 35.5 Å². The average molecular weight is 1980 g/mol. The van der Waals surface area contributed by atoms with E-state index in [1.807, 2.05) is 0 Å². The normalized spacial score (nSPS) is 18.2. The number of carboxylic acid groups (broad SMARTS) is 3. The van der Waals surface area contributed by atoms with Crippen molar-refractivity contribution in [3.8, 4) is 0 Å². The zero-order valence-electron chi connectivity index (χ0n) is 78.7. The maximum atomic E-state index is 14.0. The number of carbonyl (C=O) groups is 24. The molecule has 32 N–H and O–H groups in total. The summed E-state index contributed by atoms with van der Waals surface area (Å²) in [6, 6.07) is -20.8. The fourth-order valence-corrected chi connectivity index (χ4v) is 15.0. The van der Waals surface area contributed by atoms with Crippen molar-refractivity contribution in [2.45, 2.75) is 255 Å². The summed E-state index contributed by atoms with van der Waals surface area (Å²) in [4.78, 5) is 322. The Morgan fingerprint density at radius 2 is 0.698 bits per heavy atom. The number of likely N-dealkylation sites (tertiary alicyclic amines) is 4. The minimum atomic E-state index is -1.90. The number of carbonyl (C=O) groups excluding carboxylic acids is 21. The molecule has 0 saturated carbocycles. The zero-order valence-corrected chi connectivity index (χ0v) is 78.7. The quantitative estimate of drug-likeness (QED) is 0.0153. The Balaban J connectivity index is 1.24. The molecule has 0 radical (unpaired) electrons. The summed E-state index contributed by atoms with van der Waals surface area (Å²) in [5, 5.41) is 108. The molecule has 0 aliphatic carbocycles. The van der Waals surface area contributed by atoms with E-state index in [9.17, 15) is 135 Å². The predicted octanol–water partition coefficient (Wildman–Crippen LogP) is -14.0. The first-order valence-corrected chi connectivity index (χ1v) is 45.4. The summed E-state index contributed by atoms with van der Waals surface area (Å²) in [6.45, 7) is 5.93. The fraction of sp³-hybridized carbons (Fsp3) is 0.683. The molecule has 139 heavy (non-hydrogen) atoms. The lowest BCUT2D eigenvalue weighted by Crippen LogP contribution is -2.59. The minimum Gasteiger partial charge on any atom is -0.481 e. The highest BCUT2D eigenvalue weighted by molar-refractivity contribution is 6.02. The van der Waals surface area contributed by atoms with E-state index in [1.54, 1.807) is 27.7 Å². The molecule has 57 heteroatoms. The number of hydrogen-bond donors (Lipinski definition) is 29. The van der Waals surface area contributed by atoms with E-state index in [2.05, 4.69) is 101 Å². The van der Waals surface area contributed by atoms with Gasteiger partial charge in [-0.25, -0.2) is 4.79 Å². The van der Waals surface area contributed by atoms with E-state index in [0.29, 0.717) is 25.7 Å². The number of rotatable bonds is 57. The molecule has 4 heterocycles. The number of nitrogens with zero attached hydrogens (tertiary/aromatic N) is 4. The van der Waals surface area contributed by atoms with Gasteiger partial charge in [0, 0.05) is 45.7 Å². The number of carboxylic acids is 3. The highest BCUT2D eigenvalue weighted by Gasteiger charge is 2.44. The first-order chi connectivity index (χ1) is 65.4. The van der Waals surface area contributed by atoms with Gasteiger partial charge in [0.2, 0.25) is 124 Å². The van der Waals surface area contributed by atoms with Crippen LogP contribution in [0.2, 0.25) is 0 Å². The van der Waals surface area contributed by atoms with Crippen molar-refractivity contribution in [1.29, 1.82) is 10.8 Å². The van der Waals surface area contributed by atoms with Crippen LogP contribution in [0.1, 0.15) is 158 Å². The highest BCUT2D eigenvalue weighted by atomic mass is 16.4. The van der Waals surface area contributed by atoms with E-state index in [-0.39, 0.29) is 103 Å². The molecule has 57 nitrogen and oxygen atoms in total. The monoisotopic (exact) mass is 1970 g/mol. The Morgan fingerprint density at radius 1 is 0.360 bits per heavy atom. The summed E-state index contributed by atoms with van der Waals surface area (Å²) in [5.74, 6) is -25.1. The van der Waals surface area contributed by atoms with Gasteiger partial charge in [-0.2, -0.15) is 0 Å². The smallest absolute Gasteiger partial charge is 0.326 e. The van der Waals surface area contributed by atoms with Gasteiger partial charge in [0.1, 0.15) is 90.6 Å². The highest BCUT2D eigenvalue weighted by Crippen LogP contribution is 2.23. The summed E-state index contributed by atoms with van der Waals surface area (Å²) in [7, 11) is 0. The number of aliphatic hydroxyl groups excluding tert-OH is 2. The number of amides is 21. The molecular weight excluding hydrogens is 1840 g/mol. The maximum Gasteiger partial charge on any atom is 0.326 e. The van der Waals surface area contributed by atoms with Crippen molar-refractivity contribution in [3.05, 3.63) is 0 Å². The van der Waals surface area contributed by atoms with Gasteiger partial charge in [-0.15, -0.1) is 0 Å². The number of guanidine groups is 2. The lowest BCUT2D eigenvalue weighted by atomic mass is 9.97. The summed E-state index contributed by atoms with van der Waals surface area (Å²) >= 11 is 0. The molecule has 0 spiro atoms. The van der Waals surface area contributed by atoms with Gasteiger partial charge < -0.3 is 163 Å². The number of aliphatic carboxylic acids is 3. The number of nitrogens with one attached hydrogen (secondary N) is 21. The van der Waals surface area contributed by atoms with E-state index >= 15 is 0 Å². The number of nitrogens with two attached hydrogens (primary N) is 3. The van der Waals surface area contributed by atoms with Crippen LogP contribution in [-0.2, 0) is 115 Å². The van der Waals surface area contributed by atoms with E-state index < -0.39 is 328 Å².